The number of ketones is 2. The second-order valence-electron chi connectivity index (χ2n) is 6.55. The monoisotopic (exact) mass is 341 g/mol. The van der Waals surface area contributed by atoms with Crippen LogP contribution in [0.25, 0.3) is 0 Å². The van der Waals surface area contributed by atoms with Crippen molar-refractivity contribution in [3.8, 4) is 0 Å². The van der Waals surface area contributed by atoms with Crippen molar-refractivity contribution in [2.45, 2.75) is 13.3 Å². The van der Waals surface area contributed by atoms with Crippen LogP contribution in [-0.4, -0.2) is 18.1 Å². The summed E-state index contributed by atoms with van der Waals surface area (Å²) in [7, 11) is 0. The summed E-state index contributed by atoms with van der Waals surface area (Å²) in [5.41, 5.74) is 4.94. The highest BCUT2D eigenvalue weighted by Crippen LogP contribution is 2.33. The Morgan fingerprint density at radius 3 is 2.12 bits per heavy atom. The number of aryl methyl sites for hydroxylation is 1. The molecule has 1 N–H and O–H groups in total. The molecule has 0 spiro atoms. The molecule has 3 heteroatoms. The Hall–Kier alpha value is -3.20. The number of hydrogen-bond donors (Lipinski definition) is 1. The third-order valence-electron chi connectivity index (χ3n) is 4.86. The second kappa shape index (κ2) is 6.60. The fourth-order valence-corrected chi connectivity index (χ4v) is 3.50. The van der Waals surface area contributed by atoms with E-state index < -0.39 is 0 Å². The van der Waals surface area contributed by atoms with E-state index >= 15 is 0 Å². The fourth-order valence-electron chi connectivity index (χ4n) is 3.50. The van der Waals surface area contributed by atoms with Gasteiger partial charge in [-0.1, -0.05) is 60.7 Å². The number of fused-ring (bicyclic) bond motifs is 2. The molecule has 26 heavy (non-hydrogen) atoms. The Bertz CT molecular complexity index is 1010. The van der Waals surface area contributed by atoms with Crippen LogP contribution < -0.4 is 5.32 Å². The third-order valence-corrected chi connectivity index (χ3v) is 4.86. The Balaban J connectivity index is 1.69. The summed E-state index contributed by atoms with van der Waals surface area (Å²) in [4.78, 5) is 25.9. The van der Waals surface area contributed by atoms with Gasteiger partial charge in [0.25, 0.3) is 0 Å². The van der Waals surface area contributed by atoms with Crippen molar-refractivity contribution < 1.29 is 9.59 Å². The minimum absolute atomic E-state index is 0.0821. The number of benzene rings is 3. The average Bonchev–Trinajstić information content (AvgIpc) is 2.68. The lowest BCUT2D eigenvalue weighted by atomic mass is 9.82. The summed E-state index contributed by atoms with van der Waals surface area (Å²) in [5.74, 6) is -0.164. The summed E-state index contributed by atoms with van der Waals surface area (Å²) >= 11 is 0. The van der Waals surface area contributed by atoms with Crippen LogP contribution in [0.1, 0.15) is 43.0 Å². The van der Waals surface area contributed by atoms with E-state index in [1.807, 2.05) is 31.2 Å². The van der Waals surface area contributed by atoms with Crippen molar-refractivity contribution in [1.29, 1.82) is 0 Å². The van der Waals surface area contributed by atoms with Gasteiger partial charge < -0.3 is 5.32 Å². The molecule has 0 atom stereocenters. The number of rotatable bonds is 4. The molecular formula is C23H19NO2. The molecule has 0 aromatic heterocycles. The van der Waals surface area contributed by atoms with Gasteiger partial charge in [-0.25, -0.2) is 0 Å². The maximum atomic E-state index is 13.1. The topological polar surface area (TPSA) is 46.2 Å². The highest BCUT2D eigenvalue weighted by molar-refractivity contribution is 6.30. The summed E-state index contributed by atoms with van der Waals surface area (Å²) < 4.78 is 0. The van der Waals surface area contributed by atoms with E-state index in [2.05, 4.69) is 17.4 Å². The molecule has 128 valence electrons. The minimum atomic E-state index is -0.0823. The first-order valence-corrected chi connectivity index (χ1v) is 8.76. The molecule has 1 aliphatic carbocycles. The highest BCUT2D eigenvalue weighted by Gasteiger charge is 2.31. The molecule has 0 fully saturated rings. The first kappa shape index (κ1) is 16.3. The highest BCUT2D eigenvalue weighted by atomic mass is 16.1. The lowest BCUT2D eigenvalue weighted by Crippen LogP contribution is -2.23. The summed E-state index contributed by atoms with van der Waals surface area (Å²) in [6, 6.07) is 20.9. The molecule has 4 rings (SSSR count). The molecule has 0 unspecified atom stereocenters. The van der Waals surface area contributed by atoms with E-state index in [0.717, 1.165) is 17.7 Å². The smallest absolute Gasteiger partial charge is 0.196 e. The van der Waals surface area contributed by atoms with Gasteiger partial charge >= 0.3 is 0 Å². The molecule has 0 heterocycles. The first-order valence-electron chi connectivity index (χ1n) is 8.76. The van der Waals surface area contributed by atoms with Crippen LogP contribution >= 0.6 is 0 Å². The molecule has 0 radical (unpaired) electrons. The number of hydrogen-bond acceptors (Lipinski definition) is 3. The lowest BCUT2D eigenvalue weighted by Gasteiger charge is -2.22. The van der Waals surface area contributed by atoms with Gasteiger partial charge in [0.05, 0.1) is 5.56 Å². The van der Waals surface area contributed by atoms with E-state index in [4.69, 9.17) is 0 Å². The standard InChI is InChI=1S/C23H19NO2/c1-15-11-12-19-20(21(15)24-14-13-16-7-3-2-4-8-16)23(26)18-10-6-5-9-17(18)22(19)25/h2-12,24H,13-14H2,1H3. The summed E-state index contributed by atoms with van der Waals surface area (Å²) in [6.07, 6.45) is 0.850. The van der Waals surface area contributed by atoms with Gasteiger partial charge in [0.1, 0.15) is 0 Å². The molecule has 3 aromatic carbocycles. The zero-order valence-electron chi connectivity index (χ0n) is 14.6. The number of nitrogens with one attached hydrogen (secondary N) is 1. The van der Waals surface area contributed by atoms with Crippen molar-refractivity contribution >= 4 is 17.3 Å². The van der Waals surface area contributed by atoms with Crippen molar-refractivity contribution in [3.63, 3.8) is 0 Å². The SMILES string of the molecule is Cc1ccc2c(c1NCCc1ccccc1)C(=O)c1ccccc1C2=O. The van der Waals surface area contributed by atoms with E-state index in [0.29, 0.717) is 28.8 Å². The van der Waals surface area contributed by atoms with Gasteiger partial charge in [0, 0.05) is 28.9 Å². The first-order chi connectivity index (χ1) is 12.7. The zero-order chi connectivity index (χ0) is 18.1. The van der Waals surface area contributed by atoms with Gasteiger partial charge in [-0.2, -0.15) is 0 Å². The number of carbonyl (C=O) groups is 2. The quantitative estimate of drug-likeness (QED) is 0.597. The van der Waals surface area contributed by atoms with Crippen LogP contribution in [0.5, 0.6) is 0 Å². The zero-order valence-corrected chi connectivity index (χ0v) is 14.6. The van der Waals surface area contributed by atoms with Gasteiger partial charge in [0.2, 0.25) is 0 Å². The van der Waals surface area contributed by atoms with Crippen LogP contribution in [0.3, 0.4) is 0 Å². The molecule has 0 aliphatic heterocycles. The summed E-state index contributed by atoms with van der Waals surface area (Å²) in [5, 5.41) is 3.40. The van der Waals surface area contributed by atoms with Crippen LogP contribution in [0, 0.1) is 6.92 Å². The van der Waals surface area contributed by atoms with E-state index in [-0.39, 0.29) is 11.6 Å². The normalized spacial score (nSPS) is 12.5. The predicted octanol–water partition coefficient (Wildman–Crippen LogP) is 4.43. The largest absolute Gasteiger partial charge is 0.384 e. The minimum Gasteiger partial charge on any atom is -0.384 e. The van der Waals surface area contributed by atoms with Crippen molar-refractivity contribution in [1.82, 2.24) is 0 Å². The van der Waals surface area contributed by atoms with Gasteiger partial charge in [-0.05, 0) is 30.5 Å². The Kier molecular flexibility index (Phi) is 4.13. The molecule has 3 aromatic rings. The van der Waals surface area contributed by atoms with Gasteiger partial charge in [-0.15, -0.1) is 0 Å². The molecular weight excluding hydrogens is 322 g/mol. The van der Waals surface area contributed by atoms with Crippen LogP contribution in [0.2, 0.25) is 0 Å². The van der Waals surface area contributed by atoms with Gasteiger partial charge in [0.15, 0.2) is 11.6 Å². The molecule has 0 saturated carbocycles. The van der Waals surface area contributed by atoms with Crippen molar-refractivity contribution in [2.75, 3.05) is 11.9 Å². The molecule has 0 saturated heterocycles. The Labute approximate surface area is 152 Å². The third kappa shape index (κ3) is 2.72. The van der Waals surface area contributed by atoms with E-state index in [9.17, 15) is 9.59 Å². The second-order valence-corrected chi connectivity index (χ2v) is 6.55. The number of carbonyl (C=O) groups excluding carboxylic acids is 2. The summed E-state index contributed by atoms with van der Waals surface area (Å²) in [6.45, 7) is 2.66. The van der Waals surface area contributed by atoms with Crippen molar-refractivity contribution in [2.24, 2.45) is 0 Å². The van der Waals surface area contributed by atoms with Crippen LogP contribution in [0.15, 0.2) is 66.7 Å². The molecule has 1 aliphatic rings. The van der Waals surface area contributed by atoms with E-state index in [1.165, 1.54) is 5.56 Å². The van der Waals surface area contributed by atoms with Gasteiger partial charge in [-0.3, -0.25) is 9.59 Å². The Morgan fingerprint density at radius 2 is 1.38 bits per heavy atom. The Morgan fingerprint density at radius 1 is 0.731 bits per heavy atom. The average molecular weight is 341 g/mol. The van der Waals surface area contributed by atoms with E-state index in [1.54, 1.807) is 30.3 Å². The molecule has 0 bridgehead atoms. The molecule has 3 nitrogen and oxygen atoms in total. The lowest BCUT2D eigenvalue weighted by molar-refractivity contribution is 0.0979. The number of anilines is 1. The van der Waals surface area contributed by atoms with Crippen LogP contribution in [-0.2, 0) is 6.42 Å². The predicted molar refractivity (Wildman–Crippen MR) is 103 cm³/mol. The molecule has 0 amide bonds. The van der Waals surface area contributed by atoms with Crippen LogP contribution in [0.4, 0.5) is 5.69 Å². The maximum absolute atomic E-state index is 13.1. The maximum Gasteiger partial charge on any atom is 0.196 e. The fraction of sp³-hybridized carbons (Fsp3) is 0.130. The van der Waals surface area contributed by atoms with Crippen molar-refractivity contribution in [3.05, 3.63) is 100 Å².